The highest BCUT2D eigenvalue weighted by Gasteiger charge is 2.43. The Morgan fingerprint density at radius 1 is 0.862 bits per heavy atom. The van der Waals surface area contributed by atoms with Crippen molar-refractivity contribution >= 4 is 17.3 Å². The molecule has 0 fully saturated rings. The Labute approximate surface area is 171 Å². The van der Waals surface area contributed by atoms with Crippen LogP contribution in [0.15, 0.2) is 65.4 Å². The van der Waals surface area contributed by atoms with Crippen molar-refractivity contribution in [2.75, 3.05) is 0 Å². The minimum absolute atomic E-state index is 0.0397. The molecule has 0 radical (unpaired) electrons. The van der Waals surface area contributed by atoms with E-state index in [0.29, 0.717) is 6.42 Å². The van der Waals surface area contributed by atoms with E-state index in [1.165, 1.54) is 5.56 Å². The fourth-order valence-electron chi connectivity index (χ4n) is 4.85. The lowest BCUT2D eigenvalue weighted by atomic mass is 9.74. The molecule has 0 saturated heterocycles. The average Bonchev–Trinajstić information content (AvgIpc) is 2.99. The second kappa shape index (κ2) is 6.28. The number of fused-ring (bicyclic) bond motifs is 2. The molecule has 5 rings (SSSR count). The number of hydrogen-bond acceptors (Lipinski definition) is 3. The smallest absolute Gasteiger partial charge is 0.192 e. The van der Waals surface area contributed by atoms with E-state index in [-0.39, 0.29) is 22.9 Å². The molecule has 0 amide bonds. The Morgan fingerprint density at radius 2 is 1.55 bits per heavy atom. The minimum atomic E-state index is -0.289. The van der Waals surface area contributed by atoms with Crippen LogP contribution in [0.25, 0.3) is 5.70 Å². The summed E-state index contributed by atoms with van der Waals surface area (Å²) in [5.74, 6) is -0.0835. The summed E-state index contributed by atoms with van der Waals surface area (Å²) in [5, 5.41) is 3.49. The maximum atomic E-state index is 13.4. The Hall–Kier alpha value is -2.94. The minimum Gasteiger partial charge on any atom is -0.358 e. The molecule has 3 heteroatoms. The molecular formula is C26H25NO2. The standard InChI is InChI=1S/C26H25NO2/c1-26(2,3)16-13-11-15(12-14-16)21-22-19(9-6-10-20(22)28)27-24-17-7-4-5-8-18(17)25(29)23(21)24/h4-5,7-8,11-14,21,27H,6,9-10H2,1-3H3/t21-/m1/s1. The number of benzene rings is 2. The number of Topliss-reactive ketones (excluding diaryl/α,β-unsaturated/α-hetero) is 2. The van der Waals surface area contributed by atoms with Crippen molar-refractivity contribution in [3.8, 4) is 0 Å². The van der Waals surface area contributed by atoms with Crippen molar-refractivity contribution in [3.05, 3.63) is 87.6 Å². The predicted octanol–water partition coefficient (Wildman–Crippen LogP) is 5.29. The summed E-state index contributed by atoms with van der Waals surface area (Å²) in [6.45, 7) is 6.57. The third-order valence-corrected chi connectivity index (χ3v) is 6.37. The van der Waals surface area contributed by atoms with Crippen molar-refractivity contribution in [2.45, 2.75) is 51.4 Å². The lowest BCUT2D eigenvalue weighted by molar-refractivity contribution is -0.116. The zero-order valence-electron chi connectivity index (χ0n) is 17.1. The fourth-order valence-corrected chi connectivity index (χ4v) is 4.85. The van der Waals surface area contributed by atoms with Crippen LogP contribution in [0.2, 0.25) is 0 Å². The van der Waals surface area contributed by atoms with Crippen molar-refractivity contribution in [2.24, 2.45) is 0 Å². The summed E-state index contributed by atoms with van der Waals surface area (Å²) in [5.41, 5.74) is 7.41. The van der Waals surface area contributed by atoms with Gasteiger partial charge < -0.3 is 5.32 Å². The van der Waals surface area contributed by atoms with Crippen LogP contribution in [0, 0.1) is 0 Å². The van der Waals surface area contributed by atoms with Gasteiger partial charge in [0.15, 0.2) is 11.6 Å². The van der Waals surface area contributed by atoms with Crippen LogP contribution in [-0.2, 0) is 10.2 Å². The number of ketones is 2. The molecule has 1 atom stereocenters. The van der Waals surface area contributed by atoms with Gasteiger partial charge in [0.2, 0.25) is 0 Å². The molecule has 0 unspecified atom stereocenters. The molecule has 0 spiro atoms. The van der Waals surface area contributed by atoms with Crippen LogP contribution in [0.5, 0.6) is 0 Å². The van der Waals surface area contributed by atoms with Gasteiger partial charge in [-0.1, -0.05) is 69.3 Å². The number of carbonyl (C=O) groups is 2. The van der Waals surface area contributed by atoms with Gasteiger partial charge in [-0.3, -0.25) is 9.59 Å². The first-order chi connectivity index (χ1) is 13.9. The lowest BCUT2D eigenvalue weighted by Crippen LogP contribution is -2.31. The molecule has 1 heterocycles. The van der Waals surface area contributed by atoms with Crippen LogP contribution in [-0.4, -0.2) is 11.6 Å². The molecule has 2 aromatic rings. The second-order valence-electron chi connectivity index (χ2n) is 9.26. The van der Waals surface area contributed by atoms with Gasteiger partial charge in [0.1, 0.15) is 0 Å². The normalized spacial score (nSPS) is 21.0. The number of nitrogens with one attached hydrogen (secondary N) is 1. The van der Waals surface area contributed by atoms with E-state index in [2.05, 4.69) is 50.4 Å². The third kappa shape index (κ3) is 2.71. The van der Waals surface area contributed by atoms with E-state index in [1.807, 2.05) is 24.3 Å². The molecule has 1 aliphatic heterocycles. The fraction of sp³-hybridized carbons (Fsp3) is 0.308. The van der Waals surface area contributed by atoms with Crippen LogP contribution < -0.4 is 5.32 Å². The first-order valence-electron chi connectivity index (χ1n) is 10.4. The van der Waals surface area contributed by atoms with E-state index in [4.69, 9.17) is 0 Å². The quantitative estimate of drug-likeness (QED) is 0.728. The monoisotopic (exact) mass is 383 g/mol. The zero-order chi connectivity index (χ0) is 20.3. The molecule has 3 aliphatic rings. The van der Waals surface area contributed by atoms with E-state index >= 15 is 0 Å². The average molecular weight is 383 g/mol. The van der Waals surface area contributed by atoms with Gasteiger partial charge in [0.25, 0.3) is 0 Å². The van der Waals surface area contributed by atoms with Gasteiger partial charge in [-0.15, -0.1) is 0 Å². The Bertz CT molecular complexity index is 1110. The maximum absolute atomic E-state index is 13.4. The van der Waals surface area contributed by atoms with Crippen LogP contribution in [0.1, 0.15) is 73.0 Å². The number of rotatable bonds is 1. The first-order valence-corrected chi connectivity index (χ1v) is 10.4. The van der Waals surface area contributed by atoms with Crippen LogP contribution in [0.3, 0.4) is 0 Å². The highest BCUT2D eigenvalue weighted by Crippen LogP contribution is 2.48. The molecular weight excluding hydrogens is 358 g/mol. The highest BCUT2D eigenvalue weighted by molar-refractivity contribution is 6.23. The third-order valence-electron chi connectivity index (χ3n) is 6.37. The lowest BCUT2D eigenvalue weighted by Gasteiger charge is -2.33. The van der Waals surface area contributed by atoms with E-state index < -0.39 is 0 Å². The Kier molecular flexibility index (Phi) is 3.92. The van der Waals surface area contributed by atoms with Crippen molar-refractivity contribution in [1.29, 1.82) is 0 Å². The summed E-state index contributed by atoms with van der Waals surface area (Å²) in [7, 11) is 0. The molecule has 1 N–H and O–H groups in total. The van der Waals surface area contributed by atoms with Crippen molar-refractivity contribution in [1.82, 2.24) is 5.32 Å². The van der Waals surface area contributed by atoms with Gasteiger partial charge >= 0.3 is 0 Å². The molecule has 2 aliphatic carbocycles. The molecule has 29 heavy (non-hydrogen) atoms. The number of allylic oxidation sites excluding steroid dienone is 3. The summed E-state index contributed by atoms with van der Waals surface area (Å²) in [6, 6.07) is 16.2. The summed E-state index contributed by atoms with van der Waals surface area (Å²) < 4.78 is 0. The van der Waals surface area contributed by atoms with Gasteiger partial charge in [-0.2, -0.15) is 0 Å². The Balaban J connectivity index is 1.70. The van der Waals surface area contributed by atoms with Crippen molar-refractivity contribution in [3.63, 3.8) is 0 Å². The Morgan fingerprint density at radius 3 is 2.24 bits per heavy atom. The second-order valence-corrected chi connectivity index (χ2v) is 9.26. The van der Waals surface area contributed by atoms with E-state index in [9.17, 15) is 9.59 Å². The zero-order valence-corrected chi connectivity index (χ0v) is 17.1. The maximum Gasteiger partial charge on any atom is 0.192 e. The summed E-state index contributed by atoms with van der Waals surface area (Å²) >= 11 is 0. The van der Waals surface area contributed by atoms with Gasteiger partial charge in [0, 0.05) is 40.3 Å². The highest BCUT2D eigenvalue weighted by atomic mass is 16.1. The molecule has 0 saturated carbocycles. The number of carbonyl (C=O) groups excluding carboxylic acids is 2. The van der Waals surface area contributed by atoms with Gasteiger partial charge in [-0.05, 0) is 29.4 Å². The largest absolute Gasteiger partial charge is 0.358 e. The predicted molar refractivity (Wildman–Crippen MR) is 115 cm³/mol. The molecule has 0 aromatic heterocycles. The van der Waals surface area contributed by atoms with E-state index in [0.717, 1.165) is 52.1 Å². The molecule has 146 valence electrons. The van der Waals surface area contributed by atoms with Crippen LogP contribution >= 0.6 is 0 Å². The number of dihydropyridines is 1. The summed E-state index contributed by atoms with van der Waals surface area (Å²) in [4.78, 5) is 26.4. The van der Waals surface area contributed by atoms with Gasteiger partial charge in [0.05, 0.1) is 5.70 Å². The molecule has 3 nitrogen and oxygen atoms in total. The first kappa shape index (κ1) is 18.1. The topological polar surface area (TPSA) is 46.2 Å². The van der Waals surface area contributed by atoms with E-state index in [1.54, 1.807) is 0 Å². The number of hydrogen-bond donors (Lipinski definition) is 1. The molecule has 0 bridgehead atoms. The van der Waals surface area contributed by atoms with Crippen molar-refractivity contribution < 1.29 is 9.59 Å². The summed E-state index contributed by atoms with van der Waals surface area (Å²) in [6.07, 6.45) is 2.27. The molecule has 2 aromatic carbocycles. The van der Waals surface area contributed by atoms with Crippen LogP contribution in [0.4, 0.5) is 0 Å². The van der Waals surface area contributed by atoms with Gasteiger partial charge in [-0.25, -0.2) is 0 Å². The SMILES string of the molecule is CC(C)(C)c1ccc([C@@H]2C3=C(CCCC3=O)NC3=C2C(=O)c2ccccc23)cc1.